The van der Waals surface area contributed by atoms with E-state index in [4.69, 9.17) is 9.84 Å². The second-order valence-electron chi connectivity index (χ2n) is 4.13. The Morgan fingerprint density at radius 3 is 2.48 bits per heavy atom. The average Bonchev–Trinajstić information content (AvgIpc) is 2.46. The summed E-state index contributed by atoms with van der Waals surface area (Å²) >= 11 is 3.14. The molecule has 0 amide bonds. The van der Waals surface area contributed by atoms with Crippen LogP contribution in [0.2, 0.25) is 0 Å². The summed E-state index contributed by atoms with van der Waals surface area (Å²) in [5.74, 6) is -2.44. The van der Waals surface area contributed by atoms with Crippen molar-refractivity contribution >= 4 is 33.7 Å². The van der Waals surface area contributed by atoms with E-state index in [9.17, 15) is 19.5 Å². The average molecular weight is 359 g/mol. The Balaban J connectivity index is 3.29. The van der Waals surface area contributed by atoms with Crippen LogP contribution in [0.5, 0.6) is 0 Å². The van der Waals surface area contributed by atoms with Crippen LogP contribution in [0.3, 0.4) is 0 Å². The number of carboxylic acids is 1. The zero-order valence-corrected chi connectivity index (χ0v) is 12.9. The Hall–Kier alpha value is -1.73. The molecule has 0 aliphatic carbocycles. The lowest BCUT2D eigenvalue weighted by Crippen LogP contribution is -2.16. The highest BCUT2D eigenvalue weighted by atomic mass is 79.9. The van der Waals surface area contributed by atoms with Crippen molar-refractivity contribution in [3.8, 4) is 0 Å². The molecule has 0 saturated heterocycles. The second-order valence-corrected chi connectivity index (χ2v) is 4.92. The topological polar surface area (TPSA) is 101 Å². The van der Waals surface area contributed by atoms with Gasteiger partial charge >= 0.3 is 11.9 Å². The zero-order valence-electron chi connectivity index (χ0n) is 11.3. The van der Waals surface area contributed by atoms with Crippen molar-refractivity contribution in [1.29, 1.82) is 0 Å². The van der Waals surface area contributed by atoms with Crippen molar-refractivity contribution in [2.75, 3.05) is 11.9 Å². The number of ketones is 1. The summed E-state index contributed by atoms with van der Waals surface area (Å²) in [6.45, 7) is 1.74. The summed E-state index contributed by atoms with van der Waals surface area (Å²) in [5, 5.41) is 18.8. The van der Waals surface area contributed by atoms with Crippen LogP contribution < -0.4 is 0 Å². The summed E-state index contributed by atoms with van der Waals surface area (Å²) in [4.78, 5) is 34.7. The number of aliphatic hydroxyl groups excluding tert-OH is 1. The number of Topliss-reactive ketones (excluding diaryl/α,β-unsaturated/α-hetero) is 1. The van der Waals surface area contributed by atoms with E-state index >= 15 is 0 Å². The Bertz CT molecular complexity index is 554. The number of aliphatic carboxylic acids is 1. The van der Waals surface area contributed by atoms with Gasteiger partial charge in [0.05, 0.1) is 12.2 Å². The van der Waals surface area contributed by atoms with Crippen LogP contribution >= 0.6 is 15.9 Å². The van der Waals surface area contributed by atoms with Crippen molar-refractivity contribution in [3.05, 3.63) is 34.9 Å². The number of aliphatic hydroxyl groups is 1. The lowest BCUT2D eigenvalue weighted by molar-refractivity contribution is -0.146. The number of carboxylic acid groups (broad SMARTS) is 1. The second kappa shape index (κ2) is 7.90. The maximum atomic E-state index is 12.0. The van der Waals surface area contributed by atoms with Crippen LogP contribution in [0.1, 0.15) is 45.7 Å². The van der Waals surface area contributed by atoms with Crippen LogP contribution in [0.15, 0.2) is 18.2 Å². The zero-order chi connectivity index (χ0) is 16.0. The van der Waals surface area contributed by atoms with Crippen molar-refractivity contribution in [1.82, 2.24) is 0 Å². The third-order valence-corrected chi connectivity index (χ3v) is 3.11. The molecule has 0 aliphatic heterocycles. The molecule has 0 bridgehead atoms. The van der Waals surface area contributed by atoms with Gasteiger partial charge in [-0.2, -0.15) is 0 Å². The van der Waals surface area contributed by atoms with E-state index in [-0.39, 0.29) is 35.5 Å². The first-order valence-corrected chi connectivity index (χ1v) is 7.35. The van der Waals surface area contributed by atoms with Gasteiger partial charge in [0.2, 0.25) is 0 Å². The number of rotatable bonds is 7. The molecule has 0 aliphatic rings. The molecule has 0 radical (unpaired) electrons. The molecule has 0 fully saturated rings. The Morgan fingerprint density at radius 1 is 1.29 bits per heavy atom. The standard InChI is InChI=1S/C14H15BrO6/c1-2-21-14(20)10-7-8(12(17)13(18)19)3-4-9(10)11(16)5-6-15/h3-4,7,12,17H,2,5-6H2,1H3,(H,18,19). The number of carbonyl (C=O) groups is 3. The van der Waals surface area contributed by atoms with Gasteiger partial charge in [0.1, 0.15) is 0 Å². The van der Waals surface area contributed by atoms with Crippen LogP contribution in [-0.2, 0) is 9.53 Å². The van der Waals surface area contributed by atoms with Gasteiger partial charge in [0, 0.05) is 17.3 Å². The van der Waals surface area contributed by atoms with Crippen LogP contribution in [0.4, 0.5) is 0 Å². The monoisotopic (exact) mass is 358 g/mol. The minimum absolute atomic E-state index is 0.0148. The van der Waals surface area contributed by atoms with Gasteiger partial charge < -0.3 is 14.9 Å². The highest BCUT2D eigenvalue weighted by Crippen LogP contribution is 2.21. The lowest BCUT2D eigenvalue weighted by Gasteiger charge is -2.12. The molecule has 21 heavy (non-hydrogen) atoms. The largest absolute Gasteiger partial charge is 0.479 e. The molecule has 1 unspecified atom stereocenters. The van der Waals surface area contributed by atoms with E-state index in [0.717, 1.165) is 0 Å². The minimum Gasteiger partial charge on any atom is -0.479 e. The van der Waals surface area contributed by atoms with Crippen molar-refractivity contribution < 1.29 is 29.3 Å². The first-order chi connectivity index (χ1) is 9.92. The quantitative estimate of drug-likeness (QED) is 0.438. The number of alkyl halides is 1. The van der Waals surface area contributed by atoms with Crippen LogP contribution in [-0.4, -0.2) is 39.9 Å². The summed E-state index contributed by atoms with van der Waals surface area (Å²) < 4.78 is 4.86. The maximum Gasteiger partial charge on any atom is 0.338 e. The number of carbonyl (C=O) groups excluding carboxylic acids is 2. The van der Waals surface area contributed by atoms with E-state index < -0.39 is 18.0 Å². The fourth-order valence-electron chi connectivity index (χ4n) is 1.72. The molecule has 114 valence electrons. The fourth-order valence-corrected chi connectivity index (χ4v) is 2.08. The molecule has 7 heteroatoms. The lowest BCUT2D eigenvalue weighted by atomic mass is 9.97. The van der Waals surface area contributed by atoms with E-state index in [0.29, 0.717) is 5.33 Å². The van der Waals surface area contributed by atoms with Crippen LogP contribution in [0, 0.1) is 0 Å². The van der Waals surface area contributed by atoms with Gasteiger partial charge in [-0.25, -0.2) is 9.59 Å². The number of esters is 1. The number of hydrogen-bond acceptors (Lipinski definition) is 5. The molecule has 1 rings (SSSR count). The van der Waals surface area contributed by atoms with Crippen LogP contribution in [0.25, 0.3) is 0 Å². The maximum absolute atomic E-state index is 12.0. The summed E-state index contributed by atoms with van der Waals surface area (Å²) in [6.07, 6.45) is -1.58. The molecule has 0 spiro atoms. The van der Waals surface area contributed by atoms with Crippen molar-refractivity contribution in [3.63, 3.8) is 0 Å². The van der Waals surface area contributed by atoms with Crippen molar-refractivity contribution in [2.24, 2.45) is 0 Å². The summed E-state index contributed by atoms with van der Waals surface area (Å²) in [6, 6.07) is 3.82. The molecule has 0 saturated carbocycles. The van der Waals surface area contributed by atoms with Gasteiger partial charge in [-0.05, 0) is 18.6 Å². The Morgan fingerprint density at radius 2 is 1.95 bits per heavy atom. The van der Waals surface area contributed by atoms with Gasteiger partial charge in [-0.1, -0.05) is 28.1 Å². The normalized spacial score (nSPS) is 11.8. The number of halogens is 1. The number of hydrogen-bond donors (Lipinski definition) is 2. The molecule has 1 atom stereocenters. The van der Waals surface area contributed by atoms with Gasteiger partial charge in [0.25, 0.3) is 0 Å². The van der Waals surface area contributed by atoms with E-state index in [1.165, 1.54) is 18.2 Å². The SMILES string of the molecule is CCOC(=O)c1cc(C(O)C(=O)O)ccc1C(=O)CCBr. The van der Waals surface area contributed by atoms with Gasteiger partial charge in [-0.15, -0.1) is 0 Å². The molecule has 0 aromatic heterocycles. The molecule has 1 aromatic rings. The highest BCUT2D eigenvalue weighted by molar-refractivity contribution is 9.09. The fraction of sp³-hybridized carbons (Fsp3) is 0.357. The summed E-state index contributed by atoms with van der Waals surface area (Å²) in [7, 11) is 0. The molecule has 1 aromatic carbocycles. The van der Waals surface area contributed by atoms with E-state index in [2.05, 4.69) is 15.9 Å². The molecular formula is C14H15BrO6. The minimum atomic E-state index is -1.77. The Kier molecular flexibility index (Phi) is 6.51. The van der Waals surface area contributed by atoms with Crippen molar-refractivity contribution in [2.45, 2.75) is 19.4 Å². The molecule has 0 heterocycles. The first-order valence-electron chi connectivity index (χ1n) is 6.23. The number of ether oxygens (including phenoxy) is 1. The highest BCUT2D eigenvalue weighted by Gasteiger charge is 2.22. The number of benzene rings is 1. The predicted molar refractivity (Wildman–Crippen MR) is 77.7 cm³/mol. The third kappa shape index (κ3) is 4.37. The predicted octanol–water partition coefficient (Wildman–Crippen LogP) is 1.95. The van der Waals surface area contributed by atoms with Gasteiger partial charge in [-0.3, -0.25) is 4.79 Å². The Labute approximate surface area is 129 Å². The third-order valence-electron chi connectivity index (χ3n) is 2.71. The molecular weight excluding hydrogens is 344 g/mol. The van der Waals surface area contributed by atoms with E-state index in [1.54, 1.807) is 6.92 Å². The summed E-state index contributed by atoms with van der Waals surface area (Å²) in [5.41, 5.74) is 0.121. The molecule has 2 N–H and O–H groups in total. The first kappa shape index (κ1) is 17.3. The molecule has 6 nitrogen and oxygen atoms in total. The smallest absolute Gasteiger partial charge is 0.338 e. The van der Waals surface area contributed by atoms with Gasteiger partial charge in [0.15, 0.2) is 11.9 Å². The van der Waals surface area contributed by atoms with E-state index in [1.807, 2.05) is 0 Å².